The molecule has 0 bridgehead atoms. The van der Waals surface area contributed by atoms with Gasteiger partial charge in [-0.15, -0.1) is 11.6 Å². The Labute approximate surface area is 102 Å². The number of alkyl halides is 1. The fourth-order valence-electron chi connectivity index (χ4n) is 1.98. The van der Waals surface area contributed by atoms with Crippen molar-refractivity contribution in [1.29, 1.82) is 0 Å². The molecule has 88 valence electrons. The summed E-state index contributed by atoms with van der Waals surface area (Å²) in [5, 5.41) is 0. The molecule has 0 heterocycles. The van der Waals surface area contributed by atoms with E-state index >= 15 is 0 Å². The summed E-state index contributed by atoms with van der Waals surface area (Å²) in [6.07, 6.45) is 2.58. The van der Waals surface area contributed by atoms with Gasteiger partial charge in [0, 0.05) is 31.3 Å². The van der Waals surface area contributed by atoms with E-state index in [1.807, 2.05) is 6.07 Å². The molecule has 0 unspecified atom stereocenters. The van der Waals surface area contributed by atoms with Gasteiger partial charge in [0.25, 0.3) is 0 Å². The molecule has 2 rings (SSSR count). The zero-order valence-electron chi connectivity index (χ0n) is 9.66. The van der Waals surface area contributed by atoms with Crippen LogP contribution in [0, 0.1) is 0 Å². The maximum atomic E-state index is 5.98. The molecular weight excluding hydrogens is 222 g/mol. The second-order valence-electron chi connectivity index (χ2n) is 4.18. The highest BCUT2D eigenvalue weighted by molar-refractivity contribution is 6.17. The van der Waals surface area contributed by atoms with Gasteiger partial charge in [0.15, 0.2) is 0 Å². The van der Waals surface area contributed by atoms with Gasteiger partial charge in [0.05, 0.1) is 6.61 Å². The smallest absolute Gasteiger partial charge is 0.0637 e. The van der Waals surface area contributed by atoms with Crippen molar-refractivity contribution in [1.82, 2.24) is 0 Å². The molecule has 1 saturated carbocycles. The van der Waals surface area contributed by atoms with Crippen LogP contribution in [0.3, 0.4) is 0 Å². The Morgan fingerprint density at radius 2 is 2.12 bits per heavy atom. The lowest BCUT2D eigenvalue weighted by molar-refractivity contribution is 0.205. The molecule has 0 aromatic heterocycles. The molecule has 1 aliphatic carbocycles. The highest BCUT2D eigenvalue weighted by Crippen LogP contribution is 2.33. The number of rotatable bonds is 6. The van der Waals surface area contributed by atoms with Crippen LogP contribution in [0.15, 0.2) is 24.3 Å². The normalized spacial score (nSPS) is 15.1. The van der Waals surface area contributed by atoms with E-state index in [2.05, 4.69) is 23.1 Å². The molecule has 0 N–H and O–H groups in total. The van der Waals surface area contributed by atoms with Crippen molar-refractivity contribution in [2.24, 2.45) is 0 Å². The van der Waals surface area contributed by atoms with E-state index in [1.54, 1.807) is 7.11 Å². The van der Waals surface area contributed by atoms with Gasteiger partial charge in [-0.2, -0.15) is 0 Å². The van der Waals surface area contributed by atoms with Crippen LogP contribution in [0.5, 0.6) is 0 Å². The molecule has 0 saturated heterocycles. The summed E-state index contributed by atoms with van der Waals surface area (Å²) >= 11 is 5.98. The van der Waals surface area contributed by atoms with E-state index in [9.17, 15) is 0 Å². The summed E-state index contributed by atoms with van der Waals surface area (Å²) in [6.45, 7) is 1.72. The van der Waals surface area contributed by atoms with Gasteiger partial charge in [-0.05, 0) is 24.5 Å². The van der Waals surface area contributed by atoms with Crippen molar-refractivity contribution >= 4 is 17.3 Å². The van der Waals surface area contributed by atoms with Crippen LogP contribution in [0.4, 0.5) is 5.69 Å². The quantitative estimate of drug-likeness (QED) is 0.708. The summed E-state index contributed by atoms with van der Waals surface area (Å²) in [5.41, 5.74) is 2.49. The molecule has 0 atom stereocenters. The average Bonchev–Trinajstić information content (AvgIpc) is 3.14. The Morgan fingerprint density at radius 1 is 1.38 bits per heavy atom. The Kier molecular flexibility index (Phi) is 4.08. The van der Waals surface area contributed by atoms with Crippen LogP contribution in [0.25, 0.3) is 0 Å². The maximum Gasteiger partial charge on any atom is 0.0637 e. The number of halogens is 1. The summed E-state index contributed by atoms with van der Waals surface area (Å²) in [6, 6.07) is 9.08. The second kappa shape index (κ2) is 5.55. The van der Waals surface area contributed by atoms with Gasteiger partial charge < -0.3 is 9.64 Å². The van der Waals surface area contributed by atoms with E-state index in [1.165, 1.54) is 24.1 Å². The number of benzene rings is 1. The maximum absolute atomic E-state index is 5.98. The molecule has 0 aliphatic heterocycles. The Morgan fingerprint density at radius 3 is 2.75 bits per heavy atom. The van der Waals surface area contributed by atoms with Gasteiger partial charge in [-0.1, -0.05) is 18.2 Å². The van der Waals surface area contributed by atoms with Gasteiger partial charge >= 0.3 is 0 Å². The first-order chi connectivity index (χ1) is 7.86. The zero-order chi connectivity index (χ0) is 11.4. The average molecular weight is 240 g/mol. The fourth-order valence-corrected chi connectivity index (χ4v) is 2.21. The predicted molar refractivity (Wildman–Crippen MR) is 68.2 cm³/mol. The summed E-state index contributed by atoms with van der Waals surface area (Å²) in [7, 11) is 1.75. The number of nitrogens with zero attached hydrogens (tertiary/aromatic N) is 1. The van der Waals surface area contributed by atoms with Crippen LogP contribution < -0.4 is 4.90 Å². The summed E-state index contributed by atoms with van der Waals surface area (Å²) in [4.78, 5) is 2.43. The Bertz CT molecular complexity index is 338. The third-order valence-electron chi connectivity index (χ3n) is 2.97. The monoisotopic (exact) mass is 239 g/mol. The summed E-state index contributed by atoms with van der Waals surface area (Å²) < 4.78 is 5.17. The predicted octanol–water partition coefficient (Wildman–Crippen LogP) is 3.04. The van der Waals surface area contributed by atoms with Crippen molar-refractivity contribution < 1.29 is 4.74 Å². The third-order valence-corrected chi connectivity index (χ3v) is 3.26. The Hall–Kier alpha value is -0.730. The van der Waals surface area contributed by atoms with Gasteiger partial charge in [-0.25, -0.2) is 0 Å². The first kappa shape index (κ1) is 11.7. The summed E-state index contributed by atoms with van der Waals surface area (Å²) in [5.74, 6) is 0.576. The van der Waals surface area contributed by atoms with E-state index in [4.69, 9.17) is 16.3 Å². The third kappa shape index (κ3) is 2.69. The number of hydrogen-bond acceptors (Lipinski definition) is 2. The molecule has 1 aromatic carbocycles. The highest BCUT2D eigenvalue weighted by Gasteiger charge is 2.29. The molecule has 3 heteroatoms. The molecular formula is C13H18ClNO. The molecule has 1 aliphatic rings. The van der Waals surface area contributed by atoms with Gasteiger partial charge in [0.2, 0.25) is 0 Å². The zero-order valence-corrected chi connectivity index (χ0v) is 10.4. The molecule has 0 amide bonds. The second-order valence-corrected chi connectivity index (χ2v) is 4.45. The number of ether oxygens (including phenoxy) is 1. The van der Waals surface area contributed by atoms with Crippen molar-refractivity contribution in [2.75, 3.05) is 25.2 Å². The number of hydrogen-bond donors (Lipinski definition) is 0. The van der Waals surface area contributed by atoms with Crippen LogP contribution in [-0.4, -0.2) is 26.3 Å². The SMILES string of the molecule is COCCN(c1ccccc1CCl)C1CC1. The van der Waals surface area contributed by atoms with Gasteiger partial charge in [-0.3, -0.25) is 0 Å². The van der Waals surface area contributed by atoms with Crippen LogP contribution >= 0.6 is 11.6 Å². The van der Waals surface area contributed by atoms with E-state index in [0.29, 0.717) is 11.9 Å². The topological polar surface area (TPSA) is 12.5 Å². The highest BCUT2D eigenvalue weighted by atomic mass is 35.5. The van der Waals surface area contributed by atoms with Crippen molar-refractivity contribution in [2.45, 2.75) is 24.8 Å². The number of para-hydroxylation sites is 1. The van der Waals surface area contributed by atoms with E-state index < -0.39 is 0 Å². The Balaban J connectivity index is 2.16. The molecule has 1 aromatic rings. The first-order valence-corrected chi connectivity index (χ1v) is 6.29. The largest absolute Gasteiger partial charge is 0.383 e. The minimum Gasteiger partial charge on any atom is -0.383 e. The lowest BCUT2D eigenvalue weighted by Crippen LogP contribution is -2.30. The lowest BCUT2D eigenvalue weighted by Gasteiger charge is -2.26. The molecule has 0 spiro atoms. The standard InChI is InChI=1S/C13H18ClNO/c1-16-9-8-15(12-6-7-12)13-5-3-2-4-11(13)10-14/h2-5,12H,6-10H2,1H3. The minimum absolute atomic E-state index is 0.576. The van der Waals surface area contributed by atoms with Crippen molar-refractivity contribution in [3.8, 4) is 0 Å². The molecule has 16 heavy (non-hydrogen) atoms. The van der Waals surface area contributed by atoms with E-state index in [-0.39, 0.29) is 0 Å². The van der Waals surface area contributed by atoms with Gasteiger partial charge in [0.1, 0.15) is 0 Å². The fraction of sp³-hybridized carbons (Fsp3) is 0.538. The number of anilines is 1. The van der Waals surface area contributed by atoms with Crippen LogP contribution in [-0.2, 0) is 10.6 Å². The van der Waals surface area contributed by atoms with Crippen LogP contribution in [0.2, 0.25) is 0 Å². The molecule has 1 fully saturated rings. The lowest BCUT2D eigenvalue weighted by atomic mass is 10.1. The minimum atomic E-state index is 0.576. The van der Waals surface area contributed by atoms with Crippen molar-refractivity contribution in [3.63, 3.8) is 0 Å². The van der Waals surface area contributed by atoms with Crippen LogP contribution in [0.1, 0.15) is 18.4 Å². The number of methoxy groups -OCH3 is 1. The molecule has 0 radical (unpaired) electrons. The first-order valence-electron chi connectivity index (χ1n) is 5.76. The van der Waals surface area contributed by atoms with Crippen molar-refractivity contribution in [3.05, 3.63) is 29.8 Å². The van der Waals surface area contributed by atoms with E-state index in [0.717, 1.165) is 13.2 Å². The molecule has 2 nitrogen and oxygen atoms in total.